The Hall–Kier alpha value is -1.06. The summed E-state index contributed by atoms with van der Waals surface area (Å²) in [6.07, 6.45) is -0.0801. The number of hydrogen-bond acceptors (Lipinski definition) is 2. The second-order valence-corrected chi connectivity index (χ2v) is 3.05. The first-order valence-corrected chi connectivity index (χ1v) is 4.03. The molecule has 0 heterocycles. The van der Waals surface area contributed by atoms with Crippen molar-refractivity contribution in [1.29, 1.82) is 0 Å². The normalized spacial score (nSPS) is 9.67. The fourth-order valence-corrected chi connectivity index (χ4v) is 0.615. The van der Waals surface area contributed by atoms with Crippen molar-refractivity contribution in [3.8, 4) is 0 Å². The highest BCUT2D eigenvalue weighted by molar-refractivity contribution is 5.96. The molecule has 0 aliphatic carbocycles. The van der Waals surface area contributed by atoms with Crippen LogP contribution in [0.15, 0.2) is 0 Å². The topological polar surface area (TPSA) is 58.2 Å². The van der Waals surface area contributed by atoms with E-state index < -0.39 is 0 Å². The van der Waals surface area contributed by atoms with Crippen molar-refractivity contribution in [2.45, 2.75) is 20.3 Å². The molecule has 70 valence electrons. The Morgan fingerprint density at radius 2 is 1.83 bits per heavy atom. The van der Waals surface area contributed by atoms with Crippen LogP contribution in [0.25, 0.3) is 0 Å². The van der Waals surface area contributed by atoms with E-state index in [0.717, 1.165) is 0 Å². The average Bonchev–Trinajstić information content (AvgIpc) is 2.00. The zero-order valence-corrected chi connectivity index (χ0v) is 7.81. The van der Waals surface area contributed by atoms with Gasteiger partial charge in [-0.3, -0.25) is 9.59 Å². The zero-order valence-electron chi connectivity index (χ0n) is 7.81. The van der Waals surface area contributed by atoms with Gasteiger partial charge >= 0.3 is 0 Å². The van der Waals surface area contributed by atoms with Crippen LogP contribution in [0.1, 0.15) is 20.3 Å². The predicted molar refractivity (Wildman–Crippen MR) is 46.5 cm³/mol. The van der Waals surface area contributed by atoms with Gasteiger partial charge in [0, 0.05) is 13.6 Å². The van der Waals surface area contributed by atoms with Crippen molar-refractivity contribution in [2.75, 3.05) is 13.6 Å². The van der Waals surface area contributed by atoms with E-state index in [2.05, 4.69) is 10.6 Å². The molecule has 0 aliphatic heterocycles. The number of hydrogen-bond donors (Lipinski definition) is 2. The Morgan fingerprint density at radius 3 is 2.25 bits per heavy atom. The van der Waals surface area contributed by atoms with Crippen molar-refractivity contribution in [2.24, 2.45) is 5.92 Å². The van der Waals surface area contributed by atoms with E-state index in [1.807, 2.05) is 13.8 Å². The van der Waals surface area contributed by atoms with Crippen LogP contribution in [0.4, 0.5) is 0 Å². The maximum absolute atomic E-state index is 10.9. The van der Waals surface area contributed by atoms with Crippen LogP contribution in [0.3, 0.4) is 0 Å². The lowest BCUT2D eigenvalue weighted by atomic mass is 10.2. The van der Waals surface area contributed by atoms with Gasteiger partial charge in [-0.1, -0.05) is 13.8 Å². The van der Waals surface area contributed by atoms with Gasteiger partial charge < -0.3 is 10.6 Å². The molecule has 0 aliphatic rings. The summed E-state index contributed by atoms with van der Waals surface area (Å²) in [7, 11) is 1.51. The molecule has 0 aromatic carbocycles. The summed E-state index contributed by atoms with van der Waals surface area (Å²) in [6, 6.07) is 0. The Labute approximate surface area is 72.7 Å². The third kappa shape index (κ3) is 5.70. The summed E-state index contributed by atoms with van der Waals surface area (Å²) in [6.45, 7) is 4.62. The van der Waals surface area contributed by atoms with Gasteiger partial charge in [0.2, 0.25) is 11.8 Å². The molecule has 0 saturated carbocycles. The molecule has 2 N–H and O–H groups in total. The number of nitrogens with one attached hydrogen (secondary N) is 2. The molecule has 4 nitrogen and oxygen atoms in total. The van der Waals surface area contributed by atoms with Gasteiger partial charge in [0.25, 0.3) is 0 Å². The van der Waals surface area contributed by atoms with E-state index >= 15 is 0 Å². The second-order valence-electron chi connectivity index (χ2n) is 3.05. The van der Waals surface area contributed by atoms with Crippen molar-refractivity contribution >= 4 is 11.8 Å². The smallest absolute Gasteiger partial charge is 0.229 e. The van der Waals surface area contributed by atoms with Crippen LogP contribution < -0.4 is 10.6 Å². The minimum atomic E-state index is -0.253. The first-order valence-electron chi connectivity index (χ1n) is 4.03. The molecule has 0 rings (SSSR count). The number of rotatable bonds is 4. The number of carbonyl (C=O) groups is 2. The van der Waals surface area contributed by atoms with Crippen molar-refractivity contribution in [3.05, 3.63) is 0 Å². The van der Waals surface area contributed by atoms with Gasteiger partial charge in [0.1, 0.15) is 6.42 Å². The van der Waals surface area contributed by atoms with Gasteiger partial charge in [-0.05, 0) is 5.92 Å². The summed E-state index contributed by atoms with van der Waals surface area (Å²) in [5.74, 6) is -0.0575. The molecule has 0 saturated heterocycles. The molecule has 0 aromatic rings. The van der Waals surface area contributed by atoms with Crippen molar-refractivity contribution < 1.29 is 9.59 Å². The Bertz CT molecular complexity index is 166. The lowest BCUT2D eigenvalue weighted by Crippen LogP contribution is -2.32. The molecule has 0 radical (unpaired) electrons. The van der Waals surface area contributed by atoms with E-state index in [4.69, 9.17) is 0 Å². The Balaban J connectivity index is 3.53. The monoisotopic (exact) mass is 172 g/mol. The van der Waals surface area contributed by atoms with Crippen LogP contribution in [0.5, 0.6) is 0 Å². The Kier molecular flexibility index (Phi) is 5.08. The van der Waals surface area contributed by atoms with Crippen LogP contribution in [0.2, 0.25) is 0 Å². The largest absolute Gasteiger partial charge is 0.359 e. The summed E-state index contributed by atoms with van der Waals surface area (Å²) in [4.78, 5) is 21.6. The van der Waals surface area contributed by atoms with Gasteiger partial charge in [-0.2, -0.15) is 0 Å². The summed E-state index contributed by atoms with van der Waals surface area (Å²) >= 11 is 0. The Morgan fingerprint density at radius 1 is 1.25 bits per heavy atom. The first kappa shape index (κ1) is 10.9. The summed E-state index contributed by atoms with van der Waals surface area (Å²) < 4.78 is 0. The van der Waals surface area contributed by atoms with E-state index in [0.29, 0.717) is 12.5 Å². The molecular formula is C8H16N2O2. The average molecular weight is 172 g/mol. The lowest BCUT2D eigenvalue weighted by Gasteiger charge is -2.06. The highest BCUT2D eigenvalue weighted by Crippen LogP contribution is 1.88. The van der Waals surface area contributed by atoms with Gasteiger partial charge in [-0.25, -0.2) is 0 Å². The fourth-order valence-electron chi connectivity index (χ4n) is 0.615. The molecule has 2 amide bonds. The van der Waals surface area contributed by atoms with E-state index in [1.165, 1.54) is 7.05 Å². The molecule has 0 aromatic heterocycles. The van der Waals surface area contributed by atoms with Crippen molar-refractivity contribution in [3.63, 3.8) is 0 Å². The molecule has 12 heavy (non-hydrogen) atoms. The van der Waals surface area contributed by atoms with Crippen molar-refractivity contribution in [1.82, 2.24) is 10.6 Å². The number of amides is 2. The van der Waals surface area contributed by atoms with E-state index in [9.17, 15) is 9.59 Å². The molecule has 0 spiro atoms. The fraction of sp³-hybridized carbons (Fsp3) is 0.750. The molecule has 0 fully saturated rings. The molecular weight excluding hydrogens is 156 g/mol. The van der Waals surface area contributed by atoms with Gasteiger partial charge in [-0.15, -0.1) is 0 Å². The predicted octanol–water partition coefficient (Wildman–Crippen LogP) is -0.105. The van der Waals surface area contributed by atoms with E-state index in [-0.39, 0.29) is 18.2 Å². The SMILES string of the molecule is CNC(=O)CC(=O)NCC(C)C. The van der Waals surface area contributed by atoms with Crippen LogP contribution >= 0.6 is 0 Å². The standard InChI is InChI=1S/C8H16N2O2/c1-6(2)5-10-8(12)4-7(11)9-3/h6H,4-5H2,1-3H3,(H,9,11)(H,10,12). The van der Waals surface area contributed by atoms with Gasteiger partial charge in [0.05, 0.1) is 0 Å². The maximum atomic E-state index is 10.9. The number of carbonyl (C=O) groups excluding carboxylic acids is 2. The molecule has 0 unspecified atom stereocenters. The zero-order chi connectivity index (χ0) is 9.56. The maximum Gasteiger partial charge on any atom is 0.229 e. The molecule has 0 atom stereocenters. The minimum absolute atomic E-state index is 0.0801. The van der Waals surface area contributed by atoms with Crippen LogP contribution in [-0.2, 0) is 9.59 Å². The van der Waals surface area contributed by atoms with Gasteiger partial charge in [0.15, 0.2) is 0 Å². The van der Waals surface area contributed by atoms with Crippen LogP contribution in [-0.4, -0.2) is 25.4 Å². The summed E-state index contributed by atoms with van der Waals surface area (Å²) in [5.41, 5.74) is 0. The highest BCUT2D eigenvalue weighted by atomic mass is 16.2. The minimum Gasteiger partial charge on any atom is -0.359 e. The molecule has 0 bridgehead atoms. The first-order chi connectivity index (χ1) is 5.56. The lowest BCUT2D eigenvalue weighted by molar-refractivity contribution is -0.129. The third-order valence-electron chi connectivity index (χ3n) is 1.31. The molecule has 4 heteroatoms. The summed E-state index contributed by atoms with van der Waals surface area (Å²) in [5, 5.41) is 5.03. The third-order valence-corrected chi connectivity index (χ3v) is 1.31. The highest BCUT2D eigenvalue weighted by Gasteiger charge is 2.06. The quantitative estimate of drug-likeness (QED) is 0.581. The van der Waals surface area contributed by atoms with Crippen LogP contribution in [0, 0.1) is 5.92 Å². The second kappa shape index (κ2) is 5.57. The van der Waals surface area contributed by atoms with E-state index in [1.54, 1.807) is 0 Å².